The van der Waals surface area contributed by atoms with Crippen LogP contribution in [0.4, 0.5) is 4.79 Å². The summed E-state index contributed by atoms with van der Waals surface area (Å²) in [6.45, 7) is 0.514. The quantitative estimate of drug-likeness (QED) is 0.552. The standard InChI is InChI=1S/C19H17NO3S2/c1-24-16-9-7-14(8-10-16)13-17-18(21)20(19(22)25-17)11-12-23-15-5-3-2-4-6-15/h2-10,13H,11-12H2,1H3/b17-13-. The van der Waals surface area contributed by atoms with Crippen LogP contribution in [-0.4, -0.2) is 35.5 Å². The molecule has 0 saturated carbocycles. The first-order chi connectivity index (χ1) is 12.2. The number of benzene rings is 2. The van der Waals surface area contributed by atoms with Crippen molar-refractivity contribution >= 4 is 40.7 Å². The monoisotopic (exact) mass is 371 g/mol. The van der Waals surface area contributed by atoms with E-state index in [1.807, 2.05) is 60.9 Å². The number of imide groups is 1. The Hall–Kier alpha value is -2.18. The predicted molar refractivity (Wildman–Crippen MR) is 103 cm³/mol. The molecule has 0 aromatic heterocycles. The predicted octanol–water partition coefficient (Wildman–Crippen LogP) is 4.52. The molecule has 0 radical (unpaired) electrons. The lowest BCUT2D eigenvalue weighted by Gasteiger charge is -2.13. The van der Waals surface area contributed by atoms with Gasteiger partial charge in [0.25, 0.3) is 11.1 Å². The molecule has 0 N–H and O–H groups in total. The molecule has 2 aromatic carbocycles. The molecule has 3 rings (SSSR count). The number of hydrogen-bond acceptors (Lipinski definition) is 5. The Balaban J connectivity index is 1.62. The van der Waals surface area contributed by atoms with Gasteiger partial charge in [0.1, 0.15) is 12.4 Å². The van der Waals surface area contributed by atoms with E-state index in [0.29, 0.717) is 4.91 Å². The van der Waals surface area contributed by atoms with Crippen LogP contribution in [0.25, 0.3) is 6.08 Å². The fraction of sp³-hybridized carbons (Fsp3) is 0.158. The van der Waals surface area contributed by atoms with Crippen LogP contribution in [0.5, 0.6) is 5.75 Å². The highest BCUT2D eigenvalue weighted by Crippen LogP contribution is 2.32. The molecule has 4 nitrogen and oxygen atoms in total. The lowest BCUT2D eigenvalue weighted by Crippen LogP contribution is -2.32. The van der Waals surface area contributed by atoms with Crippen LogP contribution >= 0.6 is 23.5 Å². The normalized spacial score (nSPS) is 15.9. The molecule has 1 heterocycles. The van der Waals surface area contributed by atoms with Crippen molar-refractivity contribution in [2.45, 2.75) is 4.90 Å². The van der Waals surface area contributed by atoms with Gasteiger partial charge >= 0.3 is 0 Å². The number of carbonyl (C=O) groups is 2. The maximum atomic E-state index is 12.4. The van der Waals surface area contributed by atoms with Crippen LogP contribution in [0.1, 0.15) is 5.56 Å². The lowest BCUT2D eigenvalue weighted by molar-refractivity contribution is -0.123. The van der Waals surface area contributed by atoms with Crippen molar-refractivity contribution in [2.24, 2.45) is 0 Å². The Morgan fingerprint density at radius 2 is 1.80 bits per heavy atom. The van der Waals surface area contributed by atoms with E-state index in [0.717, 1.165) is 28.0 Å². The first-order valence-electron chi connectivity index (χ1n) is 7.74. The van der Waals surface area contributed by atoms with Gasteiger partial charge < -0.3 is 4.74 Å². The van der Waals surface area contributed by atoms with E-state index in [2.05, 4.69) is 0 Å². The Morgan fingerprint density at radius 3 is 2.48 bits per heavy atom. The first-order valence-corrected chi connectivity index (χ1v) is 9.79. The molecule has 6 heteroatoms. The highest BCUT2D eigenvalue weighted by atomic mass is 32.2. The van der Waals surface area contributed by atoms with E-state index >= 15 is 0 Å². The zero-order valence-electron chi connectivity index (χ0n) is 13.7. The number of carbonyl (C=O) groups excluding carboxylic acids is 2. The Labute approximate surface area is 155 Å². The average Bonchev–Trinajstić information content (AvgIpc) is 2.90. The molecule has 0 atom stereocenters. The van der Waals surface area contributed by atoms with Crippen LogP contribution in [0.3, 0.4) is 0 Å². The van der Waals surface area contributed by atoms with E-state index in [1.165, 1.54) is 4.90 Å². The van der Waals surface area contributed by atoms with Gasteiger partial charge in [-0.2, -0.15) is 0 Å². The van der Waals surface area contributed by atoms with Gasteiger partial charge in [-0.25, -0.2) is 0 Å². The Morgan fingerprint density at radius 1 is 1.08 bits per heavy atom. The Kier molecular flexibility index (Phi) is 5.83. The van der Waals surface area contributed by atoms with Crippen LogP contribution in [0.2, 0.25) is 0 Å². The number of thioether (sulfide) groups is 2. The maximum Gasteiger partial charge on any atom is 0.293 e. The van der Waals surface area contributed by atoms with Crippen LogP contribution < -0.4 is 4.74 Å². The lowest BCUT2D eigenvalue weighted by atomic mass is 10.2. The van der Waals surface area contributed by atoms with E-state index < -0.39 is 0 Å². The molecule has 1 saturated heterocycles. The molecule has 2 amide bonds. The van der Waals surface area contributed by atoms with E-state index in [9.17, 15) is 9.59 Å². The summed E-state index contributed by atoms with van der Waals surface area (Å²) < 4.78 is 5.57. The minimum absolute atomic E-state index is 0.238. The maximum absolute atomic E-state index is 12.4. The zero-order chi connectivity index (χ0) is 17.6. The third kappa shape index (κ3) is 4.46. The molecular weight excluding hydrogens is 354 g/mol. The van der Waals surface area contributed by atoms with Crippen molar-refractivity contribution in [2.75, 3.05) is 19.4 Å². The van der Waals surface area contributed by atoms with E-state index in [-0.39, 0.29) is 24.3 Å². The molecule has 0 unspecified atom stereocenters. The van der Waals surface area contributed by atoms with Crippen molar-refractivity contribution in [3.63, 3.8) is 0 Å². The second kappa shape index (κ2) is 8.27. The summed E-state index contributed by atoms with van der Waals surface area (Å²) in [6.07, 6.45) is 3.77. The molecule has 1 aliphatic rings. The second-order valence-electron chi connectivity index (χ2n) is 5.27. The van der Waals surface area contributed by atoms with Crippen molar-refractivity contribution in [1.82, 2.24) is 4.90 Å². The minimum atomic E-state index is -0.263. The average molecular weight is 371 g/mol. The third-order valence-electron chi connectivity index (χ3n) is 3.61. The van der Waals surface area contributed by atoms with Crippen LogP contribution in [0.15, 0.2) is 64.4 Å². The summed E-state index contributed by atoms with van der Waals surface area (Å²) in [5.41, 5.74) is 0.906. The van der Waals surface area contributed by atoms with E-state index in [1.54, 1.807) is 17.8 Å². The van der Waals surface area contributed by atoms with Gasteiger partial charge in [-0.15, -0.1) is 11.8 Å². The van der Waals surface area contributed by atoms with Gasteiger partial charge in [0.2, 0.25) is 0 Å². The van der Waals surface area contributed by atoms with Gasteiger partial charge in [0, 0.05) is 4.90 Å². The van der Waals surface area contributed by atoms with Gasteiger partial charge in [-0.05, 0) is 53.9 Å². The fourth-order valence-electron chi connectivity index (χ4n) is 2.32. The molecule has 25 heavy (non-hydrogen) atoms. The van der Waals surface area contributed by atoms with Crippen LogP contribution in [0, 0.1) is 0 Å². The van der Waals surface area contributed by atoms with Gasteiger partial charge in [0.05, 0.1) is 11.4 Å². The topological polar surface area (TPSA) is 46.6 Å². The molecule has 0 bridgehead atoms. The molecule has 1 fully saturated rings. The molecule has 128 valence electrons. The van der Waals surface area contributed by atoms with Crippen LogP contribution in [-0.2, 0) is 4.79 Å². The molecule has 0 aliphatic carbocycles. The van der Waals surface area contributed by atoms with Gasteiger partial charge in [0.15, 0.2) is 0 Å². The summed E-state index contributed by atoms with van der Waals surface area (Å²) in [5, 5.41) is -0.256. The summed E-state index contributed by atoms with van der Waals surface area (Å²) in [4.78, 5) is 27.4. The SMILES string of the molecule is CSc1ccc(/C=C2\SC(=O)N(CCOc3ccccc3)C2=O)cc1. The summed E-state index contributed by atoms with van der Waals surface area (Å²) in [5.74, 6) is 0.458. The Bertz CT molecular complexity index is 788. The van der Waals surface area contributed by atoms with Crippen molar-refractivity contribution < 1.29 is 14.3 Å². The van der Waals surface area contributed by atoms with Crippen molar-refractivity contribution in [1.29, 1.82) is 0 Å². The highest BCUT2D eigenvalue weighted by molar-refractivity contribution is 8.18. The fourth-order valence-corrected chi connectivity index (χ4v) is 3.59. The highest BCUT2D eigenvalue weighted by Gasteiger charge is 2.34. The van der Waals surface area contributed by atoms with E-state index in [4.69, 9.17) is 4.74 Å². The molecule has 1 aliphatic heterocycles. The van der Waals surface area contributed by atoms with Gasteiger partial charge in [-0.3, -0.25) is 14.5 Å². The number of rotatable bonds is 6. The largest absolute Gasteiger partial charge is 0.492 e. The molecular formula is C19H17NO3S2. The molecule has 2 aromatic rings. The van der Waals surface area contributed by atoms with Crippen molar-refractivity contribution in [3.05, 3.63) is 65.1 Å². The number of nitrogens with zero attached hydrogens (tertiary/aromatic N) is 1. The second-order valence-corrected chi connectivity index (χ2v) is 7.14. The van der Waals surface area contributed by atoms with Crippen molar-refractivity contribution in [3.8, 4) is 5.75 Å². The summed E-state index contributed by atoms with van der Waals surface area (Å²) >= 11 is 2.63. The number of hydrogen-bond donors (Lipinski definition) is 0. The minimum Gasteiger partial charge on any atom is -0.492 e. The number of para-hydroxylation sites is 1. The number of amides is 2. The zero-order valence-corrected chi connectivity index (χ0v) is 15.3. The smallest absolute Gasteiger partial charge is 0.293 e. The summed E-state index contributed by atoms with van der Waals surface area (Å²) in [7, 11) is 0. The van der Waals surface area contributed by atoms with Gasteiger partial charge in [-0.1, -0.05) is 30.3 Å². The number of ether oxygens (including phenoxy) is 1. The third-order valence-corrected chi connectivity index (χ3v) is 5.26. The summed E-state index contributed by atoms with van der Waals surface area (Å²) in [6, 6.07) is 17.2. The molecule has 0 spiro atoms. The first kappa shape index (κ1) is 17.6.